The maximum Gasteiger partial charge on any atom is 0.224 e. The lowest BCUT2D eigenvalue weighted by molar-refractivity contribution is -0.116. The van der Waals surface area contributed by atoms with Gasteiger partial charge in [-0.1, -0.05) is 31.4 Å². The van der Waals surface area contributed by atoms with Crippen LogP contribution in [0.15, 0.2) is 36.4 Å². The van der Waals surface area contributed by atoms with Crippen LogP contribution < -0.4 is 10.1 Å². The largest absolute Gasteiger partial charge is 0.495 e. The molecule has 0 aliphatic rings. The highest BCUT2D eigenvalue weighted by molar-refractivity contribution is 6.32. The van der Waals surface area contributed by atoms with Crippen LogP contribution >= 0.6 is 11.6 Å². The molecule has 0 unspecified atom stereocenters. The summed E-state index contributed by atoms with van der Waals surface area (Å²) in [6.07, 6.45) is 3.59. The van der Waals surface area contributed by atoms with E-state index in [1.165, 1.54) is 4.80 Å². The Labute approximate surface area is 157 Å². The lowest BCUT2D eigenvalue weighted by Crippen LogP contribution is -2.10. The lowest BCUT2D eigenvalue weighted by Gasteiger charge is -2.04. The standard InChI is InChI=1S/C19H21ClN4O2/c1-3-4-5-6-19(25)21-13-7-9-16-17(11-13)23-24(22-16)14-8-10-18(26-2)15(20)12-14/h7-12H,3-6H2,1-2H3,(H,21,25). The number of fused-ring (bicyclic) bond motifs is 1. The molecule has 7 heteroatoms. The van der Waals surface area contributed by atoms with Crippen LogP contribution in [0, 0.1) is 0 Å². The van der Waals surface area contributed by atoms with E-state index in [1.54, 1.807) is 19.2 Å². The average molecular weight is 373 g/mol. The van der Waals surface area contributed by atoms with E-state index in [4.69, 9.17) is 16.3 Å². The molecule has 136 valence electrons. The van der Waals surface area contributed by atoms with Gasteiger partial charge in [-0.05, 0) is 42.8 Å². The van der Waals surface area contributed by atoms with Crippen molar-refractivity contribution < 1.29 is 9.53 Å². The number of nitrogens with zero attached hydrogens (tertiary/aromatic N) is 3. The van der Waals surface area contributed by atoms with Gasteiger partial charge in [0.05, 0.1) is 17.8 Å². The molecule has 1 N–H and O–H groups in total. The number of carbonyl (C=O) groups excluding carboxylic acids is 1. The Morgan fingerprint density at radius 3 is 2.69 bits per heavy atom. The molecule has 0 aliphatic carbocycles. The van der Waals surface area contributed by atoms with E-state index in [1.807, 2.05) is 24.3 Å². The number of benzene rings is 2. The number of carbonyl (C=O) groups is 1. The Morgan fingerprint density at radius 2 is 1.96 bits per heavy atom. The summed E-state index contributed by atoms with van der Waals surface area (Å²) in [5.41, 5.74) is 2.89. The number of hydrogen-bond acceptors (Lipinski definition) is 4. The molecule has 1 heterocycles. The third-order valence-electron chi connectivity index (χ3n) is 4.04. The van der Waals surface area contributed by atoms with Gasteiger partial charge in [-0.25, -0.2) is 0 Å². The number of amides is 1. The van der Waals surface area contributed by atoms with E-state index in [0.29, 0.717) is 22.7 Å². The normalized spacial score (nSPS) is 10.9. The number of aromatic nitrogens is 3. The van der Waals surface area contributed by atoms with Crippen LogP contribution in [0.3, 0.4) is 0 Å². The highest BCUT2D eigenvalue weighted by Gasteiger charge is 2.09. The van der Waals surface area contributed by atoms with Crippen molar-refractivity contribution in [2.24, 2.45) is 0 Å². The van der Waals surface area contributed by atoms with Crippen molar-refractivity contribution in [3.05, 3.63) is 41.4 Å². The molecule has 3 rings (SSSR count). The van der Waals surface area contributed by atoms with Crippen LogP contribution in [0.1, 0.15) is 32.6 Å². The molecule has 0 spiro atoms. The van der Waals surface area contributed by atoms with Crippen LogP contribution in [-0.4, -0.2) is 28.0 Å². The third kappa shape index (κ3) is 4.14. The molecular formula is C19H21ClN4O2. The van der Waals surface area contributed by atoms with Crippen molar-refractivity contribution in [1.82, 2.24) is 15.0 Å². The molecule has 0 saturated heterocycles. The van der Waals surface area contributed by atoms with Crippen LogP contribution in [-0.2, 0) is 4.79 Å². The predicted molar refractivity (Wildman–Crippen MR) is 103 cm³/mol. The molecule has 0 fully saturated rings. The van der Waals surface area contributed by atoms with E-state index in [2.05, 4.69) is 22.4 Å². The first-order valence-corrected chi connectivity index (χ1v) is 8.99. The highest BCUT2D eigenvalue weighted by atomic mass is 35.5. The summed E-state index contributed by atoms with van der Waals surface area (Å²) in [5, 5.41) is 12.3. The fourth-order valence-corrected chi connectivity index (χ4v) is 2.90. The second-order valence-electron chi connectivity index (χ2n) is 6.02. The van der Waals surface area contributed by atoms with Crippen LogP contribution in [0.25, 0.3) is 16.7 Å². The van der Waals surface area contributed by atoms with Gasteiger partial charge in [0.25, 0.3) is 0 Å². The zero-order chi connectivity index (χ0) is 18.5. The molecule has 0 saturated carbocycles. The SMILES string of the molecule is CCCCCC(=O)Nc1ccc2nn(-c3ccc(OC)c(Cl)c3)nc2c1. The van der Waals surface area contributed by atoms with E-state index in [-0.39, 0.29) is 5.91 Å². The van der Waals surface area contributed by atoms with Crippen molar-refractivity contribution in [3.63, 3.8) is 0 Å². The number of ether oxygens (including phenoxy) is 1. The summed E-state index contributed by atoms with van der Waals surface area (Å²) in [4.78, 5) is 13.5. The van der Waals surface area contributed by atoms with E-state index in [9.17, 15) is 4.79 Å². The van der Waals surface area contributed by atoms with Gasteiger partial charge in [0, 0.05) is 12.1 Å². The van der Waals surface area contributed by atoms with E-state index in [0.717, 1.165) is 36.2 Å². The van der Waals surface area contributed by atoms with Gasteiger partial charge < -0.3 is 10.1 Å². The van der Waals surface area contributed by atoms with Crippen molar-refractivity contribution in [1.29, 1.82) is 0 Å². The van der Waals surface area contributed by atoms with Crippen LogP contribution in [0.5, 0.6) is 5.75 Å². The molecule has 26 heavy (non-hydrogen) atoms. The number of anilines is 1. The second-order valence-corrected chi connectivity index (χ2v) is 6.42. The molecule has 0 radical (unpaired) electrons. The van der Waals surface area contributed by atoms with Gasteiger partial charge in [0.1, 0.15) is 16.8 Å². The van der Waals surface area contributed by atoms with Crippen LogP contribution in [0.2, 0.25) is 5.02 Å². The Kier molecular flexibility index (Phi) is 5.73. The summed E-state index contributed by atoms with van der Waals surface area (Å²) in [7, 11) is 1.57. The number of rotatable bonds is 7. The number of unbranched alkanes of at least 4 members (excludes halogenated alkanes) is 2. The molecule has 1 aromatic heterocycles. The molecule has 3 aromatic rings. The average Bonchev–Trinajstić information content (AvgIpc) is 3.05. The van der Waals surface area contributed by atoms with E-state index >= 15 is 0 Å². The van der Waals surface area contributed by atoms with Gasteiger partial charge in [-0.2, -0.15) is 4.80 Å². The van der Waals surface area contributed by atoms with Crippen LogP contribution in [0.4, 0.5) is 5.69 Å². The molecule has 0 aliphatic heterocycles. The zero-order valence-corrected chi connectivity index (χ0v) is 15.6. The predicted octanol–water partition coefficient (Wildman–Crippen LogP) is 4.60. The molecule has 0 atom stereocenters. The van der Waals surface area contributed by atoms with Gasteiger partial charge in [0.2, 0.25) is 5.91 Å². The Bertz CT molecular complexity index is 923. The quantitative estimate of drug-likeness (QED) is 0.615. The van der Waals surface area contributed by atoms with Gasteiger partial charge in [-0.15, -0.1) is 10.2 Å². The Morgan fingerprint density at radius 1 is 1.15 bits per heavy atom. The van der Waals surface area contributed by atoms with E-state index < -0.39 is 0 Å². The number of nitrogens with one attached hydrogen (secondary N) is 1. The first-order chi connectivity index (χ1) is 12.6. The maximum absolute atomic E-state index is 12.0. The summed E-state index contributed by atoms with van der Waals surface area (Å²) < 4.78 is 5.16. The number of hydrogen-bond donors (Lipinski definition) is 1. The molecule has 6 nitrogen and oxygen atoms in total. The summed E-state index contributed by atoms with van der Waals surface area (Å²) in [6.45, 7) is 2.12. The van der Waals surface area contributed by atoms with Crippen molar-refractivity contribution >= 4 is 34.2 Å². The minimum absolute atomic E-state index is 0.0205. The fraction of sp³-hybridized carbons (Fsp3) is 0.316. The fourth-order valence-electron chi connectivity index (χ4n) is 2.65. The second kappa shape index (κ2) is 8.19. The minimum Gasteiger partial charge on any atom is -0.495 e. The maximum atomic E-state index is 12.0. The van der Waals surface area contributed by atoms with Gasteiger partial charge >= 0.3 is 0 Å². The summed E-state index contributed by atoms with van der Waals surface area (Å²) >= 11 is 6.17. The number of halogens is 1. The summed E-state index contributed by atoms with van der Waals surface area (Å²) in [6, 6.07) is 10.8. The zero-order valence-electron chi connectivity index (χ0n) is 14.8. The molecule has 1 amide bonds. The molecular weight excluding hydrogens is 352 g/mol. The minimum atomic E-state index is 0.0205. The molecule has 2 aromatic carbocycles. The Hall–Kier alpha value is -2.60. The smallest absolute Gasteiger partial charge is 0.224 e. The van der Waals surface area contributed by atoms with Gasteiger partial charge in [0.15, 0.2) is 0 Å². The monoisotopic (exact) mass is 372 g/mol. The van der Waals surface area contributed by atoms with Crippen molar-refractivity contribution in [2.45, 2.75) is 32.6 Å². The van der Waals surface area contributed by atoms with Crippen molar-refractivity contribution in [2.75, 3.05) is 12.4 Å². The number of methoxy groups -OCH3 is 1. The highest BCUT2D eigenvalue weighted by Crippen LogP contribution is 2.26. The molecule has 0 bridgehead atoms. The topological polar surface area (TPSA) is 69.0 Å². The van der Waals surface area contributed by atoms with Crippen molar-refractivity contribution in [3.8, 4) is 11.4 Å². The lowest BCUT2D eigenvalue weighted by atomic mass is 10.2. The summed E-state index contributed by atoms with van der Waals surface area (Å²) in [5.74, 6) is 0.618. The van der Waals surface area contributed by atoms with Gasteiger partial charge in [-0.3, -0.25) is 4.79 Å². The Balaban J connectivity index is 1.79. The first kappa shape index (κ1) is 18.2. The third-order valence-corrected chi connectivity index (χ3v) is 4.33. The first-order valence-electron chi connectivity index (χ1n) is 8.61.